The molecule has 4 nitrogen and oxygen atoms in total. The zero-order valence-electron chi connectivity index (χ0n) is 10.2. The monoisotopic (exact) mass is 233 g/mol. The topological polar surface area (TPSA) is 68.0 Å². The number of nitrogens with zero attached hydrogens (tertiary/aromatic N) is 1. The van der Waals surface area contributed by atoms with Crippen LogP contribution in [0, 0.1) is 12.3 Å². The van der Waals surface area contributed by atoms with Crippen LogP contribution in [0.2, 0.25) is 0 Å². The minimum absolute atomic E-state index is 0.0237. The van der Waals surface area contributed by atoms with E-state index in [9.17, 15) is 4.79 Å². The molecular weight excluding hydrogens is 214 g/mol. The average Bonchev–Trinajstić information content (AvgIpc) is 2.78. The van der Waals surface area contributed by atoms with Crippen molar-refractivity contribution >= 4 is 11.7 Å². The molecule has 3 N–H and O–H groups in total. The van der Waals surface area contributed by atoms with Gasteiger partial charge in [0.1, 0.15) is 5.82 Å². The number of aromatic nitrogens is 1. The van der Waals surface area contributed by atoms with Gasteiger partial charge >= 0.3 is 0 Å². The van der Waals surface area contributed by atoms with Crippen LogP contribution in [0.5, 0.6) is 0 Å². The van der Waals surface area contributed by atoms with Crippen molar-refractivity contribution in [3.05, 3.63) is 23.9 Å². The molecule has 92 valence electrons. The van der Waals surface area contributed by atoms with Gasteiger partial charge in [-0.2, -0.15) is 0 Å². The number of nitrogens with one attached hydrogen (secondary N) is 1. The number of amides is 1. The number of carbonyl (C=O) groups is 1. The lowest BCUT2D eigenvalue weighted by molar-refractivity contribution is -0.124. The Morgan fingerprint density at radius 2 is 2.18 bits per heavy atom. The third-order valence-electron chi connectivity index (χ3n) is 3.56. The van der Waals surface area contributed by atoms with Gasteiger partial charge in [-0.1, -0.05) is 18.9 Å². The SMILES string of the molecule is Cc1cccc(NC(=O)C2(CN)CCCC2)n1. The third-order valence-corrected chi connectivity index (χ3v) is 3.56. The van der Waals surface area contributed by atoms with E-state index in [-0.39, 0.29) is 11.3 Å². The number of nitrogens with two attached hydrogens (primary N) is 1. The van der Waals surface area contributed by atoms with Gasteiger partial charge in [0, 0.05) is 12.2 Å². The summed E-state index contributed by atoms with van der Waals surface area (Å²) in [6.07, 6.45) is 3.96. The molecule has 0 radical (unpaired) electrons. The summed E-state index contributed by atoms with van der Waals surface area (Å²) in [6, 6.07) is 5.61. The Labute approximate surface area is 102 Å². The molecular formula is C13H19N3O. The molecule has 1 aliphatic carbocycles. The van der Waals surface area contributed by atoms with Gasteiger partial charge in [0.05, 0.1) is 5.41 Å². The van der Waals surface area contributed by atoms with Crippen LogP contribution in [0.1, 0.15) is 31.4 Å². The maximum atomic E-state index is 12.2. The fraction of sp³-hybridized carbons (Fsp3) is 0.538. The lowest BCUT2D eigenvalue weighted by atomic mass is 9.85. The van der Waals surface area contributed by atoms with Crippen LogP contribution in [0.15, 0.2) is 18.2 Å². The molecule has 4 heteroatoms. The second-order valence-electron chi connectivity index (χ2n) is 4.81. The Morgan fingerprint density at radius 3 is 2.76 bits per heavy atom. The van der Waals surface area contributed by atoms with Crippen LogP contribution in [0.3, 0.4) is 0 Å². The van der Waals surface area contributed by atoms with Crippen LogP contribution in [0.4, 0.5) is 5.82 Å². The second kappa shape index (κ2) is 4.84. The van der Waals surface area contributed by atoms with E-state index in [1.165, 1.54) is 0 Å². The second-order valence-corrected chi connectivity index (χ2v) is 4.81. The van der Waals surface area contributed by atoms with E-state index in [1.54, 1.807) is 0 Å². The first-order valence-electron chi connectivity index (χ1n) is 6.11. The molecule has 2 rings (SSSR count). The number of rotatable bonds is 3. The molecule has 17 heavy (non-hydrogen) atoms. The maximum Gasteiger partial charge on any atom is 0.233 e. The Morgan fingerprint density at radius 1 is 1.47 bits per heavy atom. The van der Waals surface area contributed by atoms with Gasteiger partial charge in [0.25, 0.3) is 0 Å². The molecule has 0 spiro atoms. The van der Waals surface area contributed by atoms with Crippen molar-refractivity contribution in [3.63, 3.8) is 0 Å². The van der Waals surface area contributed by atoms with E-state index < -0.39 is 0 Å². The predicted molar refractivity (Wildman–Crippen MR) is 67.6 cm³/mol. The van der Waals surface area contributed by atoms with E-state index in [4.69, 9.17) is 5.73 Å². The first-order valence-corrected chi connectivity index (χ1v) is 6.11. The van der Waals surface area contributed by atoms with E-state index in [1.807, 2.05) is 25.1 Å². The molecule has 0 aromatic carbocycles. The molecule has 0 unspecified atom stereocenters. The Bertz CT molecular complexity index is 411. The summed E-state index contributed by atoms with van der Waals surface area (Å²) < 4.78 is 0. The molecule has 1 aromatic rings. The minimum atomic E-state index is -0.370. The smallest absolute Gasteiger partial charge is 0.233 e. The zero-order chi connectivity index (χ0) is 12.3. The van der Waals surface area contributed by atoms with Gasteiger partial charge < -0.3 is 11.1 Å². The largest absolute Gasteiger partial charge is 0.329 e. The first-order chi connectivity index (χ1) is 8.16. The zero-order valence-corrected chi connectivity index (χ0v) is 10.2. The Balaban J connectivity index is 2.10. The molecule has 1 aromatic heterocycles. The fourth-order valence-corrected chi connectivity index (χ4v) is 2.44. The van der Waals surface area contributed by atoms with Crippen molar-refractivity contribution < 1.29 is 4.79 Å². The number of carbonyl (C=O) groups excluding carboxylic acids is 1. The van der Waals surface area contributed by atoms with Gasteiger partial charge in [-0.05, 0) is 31.9 Å². The van der Waals surface area contributed by atoms with E-state index in [0.717, 1.165) is 31.4 Å². The normalized spacial score (nSPS) is 18.0. The standard InChI is InChI=1S/C13H19N3O/c1-10-5-4-6-11(15-10)16-12(17)13(9-14)7-2-3-8-13/h4-6H,2-3,7-9,14H2,1H3,(H,15,16,17). The van der Waals surface area contributed by atoms with Gasteiger partial charge in [-0.25, -0.2) is 4.98 Å². The molecule has 0 bridgehead atoms. The number of hydrogen-bond acceptors (Lipinski definition) is 3. The summed E-state index contributed by atoms with van der Waals surface area (Å²) in [4.78, 5) is 16.5. The molecule has 1 saturated carbocycles. The summed E-state index contributed by atoms with van der Waals surface area (Å²) in [5, 5.41) is 2.89. The Kier molecular flexibility index (Phi) is 3.43. The lowest BCUT2D eigenvalue weighted by Gasteiger charge is -2.25. The highest BCUT2D eigenvalue weighted by molar-refractivity contribution is 5.95. The molecule has 0 aliphatic heterocycles. The number of aryl methyl sites for hydroxylation is 1. The molecule has 1 amide bonds. The summed E-state index contributed by atoms with van der Waals surface area (Å²) >= 11 is 0. The van der Waals surface area contributed by atoms with Gasteiger partial charge in [0.15, 0.2) is 0 Å². The highest BCUT2D eigenvalue weighted by atomic mass is 16.2. The van der Waals surface area contributed by atoms with E-state index in [2.05, 4.69) is 10.3 Å². The van der Waals surface area contributed by atoms with Gasteiger partial charge in [-0.15, -0.1) is 0 Å². The van der Waals surface area contributed by atoms with Crippen molar-refractivity contribution in [3.8, 4) is 0 Å². The number of hydrogen-bond donors (Lipinski definition) is 2. The van der Waals surface area contributed by atoms with Gasteiger partial charge in [0.2, 0.25) is 5.91 Å². The van der Waals surface area contributed by atoms with Crippen molar-refractivity contribution in [2.24, 2.45) is 11.1 Å². The maximum absolute atomic E-state index is 12.2. The van der Waals surface area contributed by atoms with Crippen molar-refractivity contribution in [1.82, 2.24) is 4.98 Å². The summed E-state index contributed by atoms with van der Waals surface area (Å²) in [5.74, 6) is 0.644. The van der Waals surface area contributed by atoms with Crippen LogP contribution in [-0.2, 0) is 4.79 Å². The third kappa shape index (κ3) is 2.47. The van der Waals surface area contributed by atoms with E-state index >= 15 is 0 Å². The van der Waals surface area contributed by atoms with Crippen LogP contribution in [-0.4, -0.2) is 17.4 Å². The van der Waals surface area contributed by atoms with Crippen molar-refractivity contribution in [2.45, 2.75) is 32.6 Å². The highest BCUT2D eigenvalue weighted by Crippen LogP contribution is 2.37. The minimum Gasteiger partial charge on any atom is -0.329 e. The molecule has 1 aliphatic rings. The predicted octanol–water partition coefficient (Wildman–Crippen LogP) is 1.85. The summed E-state index contributed by atoms with van der Waals surface area (Å²) in [5.41, 5.74) is 6.30. The van der Waals surface area contributed by atoms with Gasteiger partial charge in [-0.3, -0.25) is 4.79 Å². The lowest BCUT2D eigenvalue weighted by Crippen LogP contribution is -2.40. The number of anilines is 1. The quantitative estimate of drug-likeness (QED) is 0.837. The first kappa shape index (κ1) is 12.0. The van der Waals surface area contributed by atoms with Crippen LogP contribution >= 0.6 is 0 Å². The number of pyridine rings is 1. The molecule has 1 fully saturated rings. The molecule has 1 heterocycles. The summed E-state index contributed by atoms with van der Waals surface area (Å²) in [6.45, 7) is 2.33. The summed E-state index contributed by atoms with van der Waals surface area (Å²) in [7, 11) is 0. The van der Waals surface area contributed by atoms with Crippen LogP contribution < -0.4 is 11.1 Å². The van der Waals surface area contributed by atoms with Crippen molar-refractivity contribution in [1.29, 1.82) is 0 Å². The highest BCUT2D eigenvalue weighted by Gasteiger charge is 2.39. The molecule has 0 atom stereocenters. The van der Waals surface area contributed by atoms with Crippen molar-refractivity contribution in [2.75, 3.05) is 11.9 Å². The molecule has 0 saturated heterocycles. The van der Waals surface area contributed by atoms with E-state index in [0.29, 0.717) is 12.4 Å². The average molecular weight is 233 g/mol. The Hall–Kier alpha value is -1.42. The van der Waals surface area contributed by atoms with Crippen LogP contribution in [0.25, 0.3) is 0 Å². The fourth-order valence-electron chi connectivity index (χ4n) is 2.44.